The molecule has 0 saturated carbocycles. The normalized spacial score (nSPS) is 10.4. The molecule has 1 aromatic heterocycles. The molecule has 0 fully saturated rings. The zero-order valence-electron chi connectivity index (χ0n) is 15.2. The van der Waals surface area contributed by atoms with Crippen LogP contribution in [0, 0.1) is 6.92 Å². The highest BCUT2D eigenvalue weighted by Gasteiger charge is 2.12. The minimum absolute atomic E-state index is 0.0809. The Labute approximate surface area is 139 Å². The molecule has 0 radical (unpaired) electrons. The van der Waals surface area contributed by atoms with E-state index < -0.39 is 0 Å². The molecule has 0 amide bonds. The lowest BCUT2D eigenvalue weighted by Gasteiger charge is -2.21. The van der Waals surface area contributed by atoms with E-state index in [9.17, 15) is 0 Å². The van der Waals surface area contributed by atoms with Gasteiger partial charge in [0.1, 0.15) is 11.6 Å². The topological polar surface area (TPSA) is 59.1 Å². The number of rotatable bonds is 4. The number of anilines is 3. The third kappa shape index (κ3) is 6.14. The first-order valence-electron chi connectivity index (χ1n) is 7.90. The molecule has 0 aliphatic heterocycles. The van der Waals surface area contributed by atoms with E-state index in [0.29, 0.717) is 5.95 Å². The summed E-state index contributed by atoms with van der Waals surface area (Å²) in [4.78, 5) is 8.85. The van der Waals surface area contributed by atoms with Crippen molar-refractivity contribution in [3.8, 4) is 5.75 Å². The average Bonchev–Trinajstić information content (AvgIpc) is 2.51. The van der Waals surface area contributed by atoms with Crippen molar-refractivity contribution < 1.29 is 4.74 Å². The smallest absolute Gasteiger partial charge is 0.225 e. The molecule has 5 nitrogen and oxygen atoms in total. The molecule has 0 aliphatic carbocycles. The molecule has 5 heteroatoms. The van der Waals surface area contributed by atoms with Crippen LogP contribution in [0.3, 0.4) is 0 Å². The van der Waals surface area contributed by atoms with Crippen molar-refractivity contribution in [2.75, 3.05) is 17.7 Å². The number of nitrogens with one attached hydrogen (secondary N) is 2. The fourth-order valence-corrected chi connectivity index (χ4v) is 1.80. The Kier molecular flexibility index (Phi) is 6.82. The van der Waals surface area contributed by atoms with Crippen molar-refractivity contribution in [2.45, 2.75) is 47.1 Å². The number of ether oxygens (including phenoxy) is 1. The highest BCUT2D eigenvalue weighted by atomic mass is 16.5. The zero-order chi connectivity index (χ0) is 17.5. The summed E-state index contributed by atoms with van der Waals surface area (Å²) in [7, 11) is 1.65. The molecule has 2 aromatic rings. The van der Waals surface area contributed by atoms with Gasteiger partial charge in [0.05, 0.1) is 7.11 Å². The third-order valence-corrected chi connectivity index (χ3v) is 2.79. The van der Waals surface area contributed by atoms with Gasteiger partial charge in [0, 0.05) is 29.1 Å². The summed E-state index contributed by atoms with van der Waals surface area (Å²) in [6, 6.07) is 7.75. The van der Waals surface area contributed by atoms with E-state index in [1.54, 1.807) is 7.11 Å². The van der Waals surface area contributed by atoms with Gasteiger partial charge >= 0.3 is 0 Å². The molecule has 1 heterocycles. The monoisotopic (exact) mass is 316 g/mol. The Morgan fingerprint density at radius 2 is 1.83 bits per heavy atom. The van der Waals surface area contributed by atoms with Gasteiger partial charge in [0.25, 0.3) is 0 Å². The molecule has 126 valence electrons. The van der Waals surface area contributed by atoms with Crippen LogP contribution in [-0.4, -0.2) is 22.6 Å². The summed E-state index contributed by atoms with van der Waals surface area (Å²) < 4.78 is 5.23. The van der Waals surface area contributed by atoms with Crippen LogP contribution in [-0.2, 0) is 0 Å². The maximum Gasteiger partial charge on any atom is 0.225 e. The zero-order valence-corrected chi connectivity index (χ0v) is 15.2. The number of aryl methyl sites for hydroxylation is 1. The molecule has 0 atom stereocenters. The van der Waals surface area contributed by atoms with Crippen molar-refractivity contribution in [3.05, 3.63) is 36.0 Å². The van der Waals surface area contributed by atoms with Crippen molar-refractivity contribution in [1.82, 2.24) is 9.97 Å². The summed E-state index contributed by atoms with van der Waals surface area (Å²) in [6.45, 7) is 12.2. The summed E-state index contributed by atoms with van der Waals surface area (Å²) in [5.74, 6) is 2.20. The second-order valence-electron chi connectivity index (χ2n) is 5.96. The number of aromatic nitrogens is 2. The van der Waals surface area contributed by atoms with Gasteiger partial charge in [-0.2, -0.15) is 4.98 Å². The fourth-order valence-electron chi connectivity index (χ4n) is 1.80. The maximum atomic E-state index is 5.23. The quantitative estimate of drug-likeness (QED) is 0.850. The minimum Gasteiger partial charge on any atom is -0.497 e. The summed E-state index contributed by atoms with van der Waals surface area (Å²) in [6.07, 6.45) is 1.81. The van der Waals surface area contributed by atoms with Crippen LogP contribution in [0.2, 0.25) is 0 Å². The van der Waals surface area contributed by atoms with Crippen molar-refractivity contribution in [1.29, 1.82) is 0 Å². The molecule has 0 unspecified atom stereocenters. The van der Waals surface area contributed by atoms with E-state index in [2.05, 4.69) is 41.4 Å². The van der Waals surface area contributed by atoms with Crippen LogP contribution < -0.4 is 15.4 Å². The van der Waals surface area contributed by atoms with E-state index in [1.807, 2.05) is 51.2 Å². The maximum absolute atomic E-state index is 5.23. The van der Waals surface area contributed by atoms with Gasteiger partial charge in [-0.25, -0.2) is 4.98 Å². The summed E-state index contributed by atoms with van der Waals surface area (Å²) in [5.41, 5.74) is 1.83. The van der Waals surface area contributed by atoms with E-state index in [-0.39, 0.29) is 5.54 Å². The number of nitrogens with zero attached hydrogens (tertiary/aromatic N) is 2. The summed E-state index contributed by atoms with van der Waals surface area (Å²) in [5, 5.41) is 6.57. The van der Waals surface area contributed by atoms with Gasteiger partial charge in [-0.3, -0.25) is 0 Å². The summed E-state index contributed by atoms with van der Waals surface area (Å²) >= 11 is 0. The van der Waals surface area contributed by atoms with Crippen molar-refractivity contribution in [3.63, 3.8) is 0 Å². The Bertz CT molecular complexity index is 621. The lowest BCUT2D eigenvalue weighted by Crippen LogP contribution is -2.27. The number of hydrogen-bond donors (Lipinski definition) is 2. The first-order valence-corrected chi connectivity index (χ1v) is 7.90. The van der Waals surface area contributed by atoms with Crippen LogP contribution in [0.4, 0.5) is 17.5 Å². The SMILES string of the molecule is CC.COc1cccc(Nc2nc(NC(C)(C)C)ncc2C)c1. The molecule has 0 saturated heterocycles. The Hall–Kier alpha value is -2.30. The highest BCUT2D eigenvalue weighted by Crippen LogP contribution is 2.23. The van der Waals surface area contributed by atoms with E-state index >= 15 is 0 Å². The molecular formula is C18H28N4O. The molecule has 0 spiro atoms. The largest absolute Gasteiger partial charge is 0.497 e. The molecular weight excluding hydrogens is 288 g/mol. The standard InChI is InChI=1S/C16H22N4O.C2H6/c1-11-10-17-15(20-16(2,3)4)19-14(11)18-12-7-6-8-13(9-12)21-5;1-2/h6-10H,1-5H3,(H2,17,18,19,20);1-2H3. The Morgan fingerprint density at radius 3 is 2.43 bits per heavy atom. The van der Waals surface area contributed by atoms with E-state index in [4.69, 9.17) is 4.74 Å². The minimum atomic E-state index is -0.0809. The molecule has 2 N–H and O–H groups in total. The van der Waals surface area contributed by atoms with E-state index in [0.717, 1.165) is 22.8 Å². The third-order valence-electron chi connectivity index (χ3n) is 2.79. The Morgan fingerprint density at radius 1 is 1.13 bits per heavy atom. The molecule has 23 heavy (non-hydrogen) atoms. The van der Waals surface area contributed by atoms with Gasteiger partial charge in [-0.1, -0.05) is 19.9 Å². The average molecular weight is 316 g/mol. The van der Waals surface area contributed by atoms with Gasteiger partial charge in [-0.15, -0.1) is 0 Å². The number of benzene rings is 1. The number of methoxy groups -OCH3 is 1. The van der Waals surface area contributed by atoms with Crippen molar-refractivity contribution >= 4 is 17.5 Å². The van der Waals surface area contributed by atoms with Crippen LogP contribution in [0.25, 0.3) is 0 Å². The highest BCUT2D eigenvalue weighted by molar-refractivity contribution is 5.61. The van der Waals surface area contributed by atoms with Crippen LogP contribution in [0.1, 0.15) is 40.2 Å². The van der Waals surface area contributed by atoms with Gasteiger partial charge in [-0.05, 0) is 39.8 Å². The fraction of sp³-hybridized carbons (Fsp3) is 0.444. The van der Waals surface area contributed by atoms with Crippen molar-refractivity contribution in [2.24, 2.45) is 0 Å². The van der Waals surface area contributed by atoms with E-state index in [1.165, 1.54) is 0 Å². The predicted octanol–water partition coefficient (Wildman–Crippen LogP) is 4.77. The van der Waals surface area contributed by atoms with Gasteiger partial charge in [0.2, 0.25) is 5.95 Å². The second kappa shape index (κ2) is 8.36. The lowest BCUT2D eigenvalue weighted by atomic mass is 10.1. The van der Waals surface area contributed by atoms with Crippen LogP contribution in [0.5, 0.6) is 5.75 Å². The van der Waals surface area contributed by atoms with Gasteiger partial charge in [0.15, 0.2) is 0 Å². The molecule has 2 rings (SSSR count). The second-order valence-corrected chi connectivity index (χ2v) is 5.96. The van der Waals surface area contributed by atoms with Gasteiger partial charge < -0.3 is 15.4 Å². The molecule has 1 aromatic carbocycles. The molecule has 0 bridgehead atoms. The first kappa shape index (κ1) is 18.7. The number of hydrogen-bond acceptors (Lipinski definition) is 5. The lowest BCUT2D eigenvalue weighted by molar-refractivity contribution is 0.415. The van der Waals surface area contributed by atoms with Crippen LogP contribution >= 0.6 is 0 Å². The Balaban J connectivity index is 0.00000127. The van der Waals surface area contributed by atoms with Crippen LogP contribution in [0.15, 0.2) is 30.5 Å². The first-order chi connectivity index (χ1) is 10.9. The molecule has 0 aliphatic rings. The predicted molar refractivity (Wildman–Crippen MR) is 97.8 cm³/mol.